The molecule has 1 amide bonds. The van der Waals surface area contributed by atoms with Crippen molar-refractivity contribution in [2.75, 3.05) is 14.1 Å². The standard InChI is InChI=1S/C25H27ClN4OS/c1-30(2)25(22-7-3-4-16-27-22)14-12-19(13-15-25)29-23(31)21-6-5-17-28-24(21)32-20-10-8-18(26)9-11-20/h3-11,16-17,19H,12-15H2,1-2H3,(H,29,31). The summed E-state index contributed by atoms with van der Waals surface area (Å²) in [7, 11) is 4.23. The first-order valence-corrected chi connectivity index (χ1v) is 12.0. The number of rotatable bonds is 6. The molecule has 0 spiro atoms. The molecule has 0 radical (unpaired) electrons. The molecule has 1 aliphatic carbocycles. The molecule has 0 aliphatic heterocycles. The van der Waals surface area contributed by atoms with Gasteiger partial charge >= 0.3 is 0 Å². The number of carbonyl (C=O) groups is 1. The van der Waals surface area contributed by atoms with E-state index in [2.05, 4.69) is 40.3 Å². The van der Waals surface area contributed by atoms with Crippen molar-refractivity contribution in [3.05, 3.63) is 83.3 Å². The van der Waals surface area contributed by atoms with Crippen molar-refractivity contribution in [2.24, 2.45) is 0 Å². The molecule has 3 aromatic rings. The summed E-state index contributed by atoms with van der Waals surface area (Å²) in [5.41, 5.74) is 1.61. The van der Waals surface area contributed by atoms with Crippen LogP contribution in [0.5, 0.6) is 0 Å². The average molecular weight is 467 g/mol. The first-order valence-electron chi connectivity index (χ1n) is 10.8. The van der Waals surface area contributed by atoms with E-state index in [1.165, 1.54) is 11.8 Å². The van der Waals surface area contributed by atoms with Crippen LogP contribution in [0.25, 0.3) is 0 Å². The van der Waals surface area contributed by atoms with Gasteiger partial charge in [-0.25, -0.2) is 4.98 Å². The minimum absolute atomic E-state index is 0.0743. The van der Waals surface area contributed by atoms with Gasteiger partial charge in [0, 0.05) is 28.4 Å². The van der Waals surface area contributed by atoms with E-state index in [1.807, 2.05) is 48.7 Å². The fourth-order valence-electron chi connectivity index (χ4n) is 4.33. The molecule has 0 unspecified atom stereocenters. The monoisotopic (exact) mass is 466 g/mol. The smallest absolute Gasteiger partial charge is 0.254 e. The highest BCUT2D eigenvalue weighted by Gasteiger charge is 2.40. The quantitative estimate of drug-likeness (QED) is 0.526. The minimum Gasteiger partial charge on any atom is -0.349 e. The number of aromatic nitrogens is 2. The van der Waals surface area contributed by atoms with Gasteiger partial charge in [-0.05, 0) is 88.3 Å². The van der Waals surface area contributed by atoms with Crippen LogP contribution in [0, 0.1) is 0 Å². The Balaban J connectivity index is 1.44. The van der Waals surface area contributed by atoms with Gasteiger partial charge in [-0.15, -0.1) is 0 Å². The number of nitrogens with zero attached hydrogens (tertiary/aromatic N) is 3. The van der Waals surface area contributed by atoms with Crippen LogP contribution < -0.4 is 5.32 Å². The highest BCUT2D eigenvalue weighted by molar-refractivity contribution is 7.99. The molecule has 2 aromatic heterocycles. The number of pyridine rings is 2. The number of amides is 1. The zero-order chi connectivity index (χ0) is 22.6. The van der Waals surface area contributed by atoms with E-state index in [0.717, 1.165) is 36.3 Å². The summed E-state index contributed by atoms with van der Waals surface area (Å²) in [5, 5.41) is 4.63. The van der Waals surface area contributed by atoms with Gasteiger partial charge in [-0.3, -0.25) is 14.7 Å². The van der Waals surface area contributed by atoms with Crippen molar-refractivity contribution in [1.29, 1.82) is 0 Å². The molecule has 1 aliphatic rings. The molecule has 4 rings (SSSR count). The van der Waals surface area contributed by atoms with Crippen LogP contribution in [0.15, 0.2) is 76.9 Å². The Kier molecular flexibility index (Phi) is 7.13. The number of hydrogen-bond donors (Lipinski definition) is 1. The van der Waals surface area contributed by atoms with Gasteiger partial charge in [0.1, 0.15) is 5.03 Å². The van der Waals surface area contributed by atoms with Crippen LogP contribution in [0.1, 0.15) is 41.7 Å². The molecule has 1 N–H and O–H groups in total. The lowest BCUT2D eigenvalue weighted by Crippen LogP contribution is -2.49. The number of halogens is 1. The van der Waals surface area contributed by atoms with E-state index < -0.39 is 0 Å². The minimum atomic E-state index is -0.0909. The zero-order valence-electron chi connectivity index (χ0n) is 18.3. The number of nitrogens with one attached hydrogen (secondary N) is 1. The molecular formula is C25H27ClN4OS. The van der Waals surface area contributed by atoms with Crippen LogP contribution in [0.3, 0.4) is 0 Å². The van der Waals surface area contributed by atoms with Crippen LogP contribution in [-0.4, -0.2) is 40.9 Å². The van der Waals surface area contributed by atoms with E-state index >= 15 is 0 Å². The second kappa shape index (κ2) is 10.0. The van der Waals surface area contributed by atoms with Crippen molar-refractivity contribution >= 4 is 29.3 Å². The molecule has 7 heteroatoms. The fraction of sp³-hybridized carbons (Fsp3) is 0.320. The molecular weight excluding hydrogens is 440 g/mol. The zero-order valence-corrected chi connectivity index (χ0v) is 19.9. The average Bonchev–Trinajstić information content (AvgIpc) is 2.82. The lowest BCUT2D eigenvalue weighted by molar-refractivity contribution is 0.0732. The van der Waals surface area contributed by atoms with Crippen molar-refractivity contribution in [3.63, 3.8) is 0 Å². The fourth-order valence-corrected chi connectivity index (χ4v) is 5.34. The Hall–Kier alpha value is -2.41. The molecule has 5 nitrogen and oxygen atoms in total. The largest absolute Gasteiger partial charge is 0.349 e. The Bertz CT molecular complexity index is 1050. The van der Waals surface area contributed by atoms with Crippen molar-refractivity contribution in [3.8, 4) is 0 Å². The Morgan fingerprint density at radius 3 is 2.41 bits per heavy atom. The Labute approximate surface area is 198 Å². The van der Waals surface area contributed by atoms with Gasteiger partial charge < -0.3 is 5.32 Å². The lowest BCUT2D eigenvalue weighted by atomic mass is 9.76. The second-order valence-electron chi connectivity index (χ2n) is 8.30. The highest BCUT2D eigenvalue weighted by Crippen LogP contribution is 2.40. The van der Waals surface area contributed by atoms with Gasteiger partial charge in [-0.1, -0.05) is 29.4 Å². The van der Waals surface area contributed by atoms with Crippen LogP contribution in [0.2, 0.25) is 5.02 Å². The summed E-state index contributed by atoms with van der Waals surface area (Å²) in [6.45, 7) is 0. The normalized spacial score (nSPS) is 20.8. The summed E-state index contributed by atoms with van der Waals surface area (Å²) in [6, 6.07) is 17.4. The summed E-state index contributed by atoms with van der Waals surface area (Å²) >= 11 is 7.46. The van der Waals surface area contributed by atoms with E-state index in [4.69, 9.17) is 11.6 Å². The van der Waals surface area contributed by atoms with Gasteiger partial charge in [-0.2, -0.15) is 0 Å². The molecule has 2 heterocycles. The van der Waals surface area contributed by atoms with Crippen LogP contribution in [-0.2, 0) is 5.54 Å². The predicted molar refractivity (Wildman–Crippen MR) is 129 cm³/mol. The van der Waals surface area contributed by atoms with Gasteiger partial charge in [0.2, 0.25) is 0 Å². The van der Waals surface area contributed by atoms with Crippen LogP contribution in [0.4, 0.5) is 0 Å². The summed E-state index contributed by atoms with van der Waals surface area (Å²) < 4.78 is 0. The Morgan fingerprint density at radius 2 is 1.75 bits per heavy atom. The molecule has 0 saturated heterocycles. The van der Waals surface area contributed by atoms with Crippen molar-refractivity contribution in [1.82, 2.24) is 20.2 Å². The lowest BCUT2D eigenvalue weighted by Gasteiger charge is -2.44. The highest BCUT2D eigenvalue weighted by atomic mass is 35.5. The van der Waals surface area contributed by atoms with E-state index in [9.17, 15) is 4.79 Å². The van der Waals surface area contributed by atoms with E-state index in [0.29, 0.717) is 15.6 Å². The Morgan fingerprint density at radius 1 is 1.03 bits per heavy atom. The molecule has 166 valence electrons. The second-order valence-corrected chi connectivity index (χ2v) is 9.80. The van der Waals surface area contributed by atoms with Gasteiger partial charge in [0.15, 0.2) is 0 Å². The third-order valence-corrected chi connectivity index (χ3v) is 7.47. The maximum absolute atomic E-state index is 13.1. The third-order valence-electron chi connectivity index (χ3n) is 6.19. The third kappa shape index (κ3) is 4.98. The van der Waals surface area contributed by atoms with Crippen molar-refractivity contribution < 1.29 is 4.79 Å². The molecule has 0 atom stereocenters. The van der Waals surface area contributed by atoms with Gasteiger partial charge in [0.05, 0.1) is 16.8 Å². The van der Waals surface area contributed by atoms with E-state index in [-0.39, 0.29) is 17.5 Å². The molecule has 1 aromatic carbocycles. The first-order chi connectivity index (χ1) is 15.5. The summed E-state index contributed by atoms with van der Waals surface area (Å²) in [4.78, 5) is 25.5. The summed E-state index contributed by atoms with van der Waals surface area (Å²) in [5.74, 6) is -0.0743. The number of benzene rings is 1. The molecule has 1 fully saturated rings. The number of carbonyl (C=O) groups excluding carboxylic acids is 1. The maximum atomic E-state index is 13.1. The predicted octanol–water partition coefficient (Wildman–Crippen LogP) is 5.41. The van der Waals surface area contributed by atoms with Crippen LogP contribution >= 0.6 is 23.4 Å². The molecule has 0 bridgehead atoms. The summed E-state index contributed by atoms with van der Waals surface area (Å²) in [6.07, 6.45) is 7.27. The topological polar surface area (TPSA) is 58.1 Å². The van der Waals surface area contributed by atoms with Gasteiger partial charge in [0.25, 0.3) is 5.91 Å². The number of hydrogen-bond acceptors (Lipinski definition) is 5. The van der Waals surface area contributed by atoms with Crippen molar-refractivity contribution in [2.45, 2.75) is 47.2 Å². The molecule has 32 heavy (non-hydrogen) atoms. The first kappa shape index (κ1) is 22.8. The SMILES string of the molecule is CN(C)C1(c2ccccn2)CCC(NC(=O)c2cccnc2Sc2ccc(Cl)cc2)CC1. The molecule has 1 saturated carbocycles. The van der Waals surface area contributed by atoms with E-state index in [1.54, 1.807) is 12.3 Å². The maximum Gasteiger partial charge on any atom is 0.254 e.